The highest BCUT2D eigenvalue weighted by Gasteiger charge is 2.49. The number of piperidine rings is 1. The molecule has 6 heterocycles. The van der Waals surface area contributed by atoms with Crippen molar-refractivity contribution in [3.63, 3.8) is 0 Å². The van der Waals surface area contributed by atoms with Crippen molar-refractivity contribution in [1.82, 2.24) is 29.7 Å². The highest BCUT2D eigenvalue weighted by Crippen LogP contribution is 2.44. The first-order chi connectivity index (χ1) is 15.2. The smallest absolute Gasteiger partial charge is 0.187 e. The van der Waals surface area contributed by atoms with Crippen LogP contribution in [-0.4, -0.2) is 48.5 Å². The maximum atomic E-state index is 14.5. The molecule has 32 heavy (non-hydrogen) atoms. The van der Waals surface area contributed by atoms with Gasteiger partial charge >= 0.3 is 0 Å². The molecule has 2 saturated heterocycles. The Hall–Kier alpha value is -2.65. The summed E-state index contributed by atoms with van der Waals surface area (Å²) in [7, 11) is 2.14. The van der Waals surface area contributed by atoms with Gasteiger partial charge in [0.15, 0.2) is 22.4 Å². The minimum Gasteiger partial charge on any atom is -0.348 e. The largest absolute Gasteiger partial charge is 0.348 e. The van der Waals surface area contributed by atoms with E-state index in [1.807, 2.05) is 13.1 Å². The molecule has 0 amide bonds. The molecule has 166 valence electrons. The molecule has 2 bridgehead atoms. The number of hydrogen-bond acceptors (Lipinski definition) is 7. The number of aryl methyl sites for hydroxylation is 1. The van der Waals surface area contributed by atoms with E-state index in [-0.39, 0.29) is 16.9 Å². The van der Waals surface area contributed by atoms with Gasteiger partial charge in [0.25, 0.3) is 0 Å². The van der Waals surface area contributed by atoms with Gasteiger partial charge in [0.1, 0.15) is 10.3 Å². The maximum absolute atomic E-state index is 14.5. The summed E-state index contributed by atoms with van der Waals surface area (Å²) in [5.74, 6) is 0.106. The Balaban J connectivity index is 1.33. The molecule has 2 aliphatic heterocycles. The summed E-state index contributed by atoms with van der Waals surface area (Å²) in [6, 6.07) is 1.88. The van der Waals surface area contributed by atoms with E-state index in [1.165, 1.54) is 18.9 Å². The topological polar surface area (TPSA) is 71.2 Å². The Bertz CT molecular complexity index is 1350. The average molecular weight is 452 g/mol. The van der Waals surface area contributed by atoms with E-state index in [4.69, 9.17) is 9.97 Å². The van der Waals surface area contributed by atoms with Crippen LogP contribution in [0.25, 0.3) is 27.4 Å². The maximum Gasteiger partial charge on any atom is 0.187 e. The van der Waals surface area contributed by atoms with Crippen LogP contribution >= 0.6 is 11.3 Å². The first-order valence-electron chi connectivity index (χ1n) is 11.0. The molecule has 0 spiro atoms. The van der Waals surface area contributed by atoms with E-state index in [1.54, 1.807) is 28.1 Å². The molecule has 0 radical (unpaired) electrons. The van der Waals surface area contributed by atoms with Crippen molar-refractivity contribution in [1.29, 1.82) is 0 Å². The SMILES string of the molecule is Cc1cn2cc(-c3ncc4nc(N(C)[C@H]5C[C@]6(C)CC[C@](C)(C5)N6)sc4n3)cc(F)c2n1. The second-order valence-corrected chi connectivity index (χ2v) is 10.9. The lowest BCUT2D eigenvalue weighted by Crippen LogP contribution is -2.58. The lowest BCUT2D eigenvalue weighted by molar-refractivity contribution is 0.208. The van der Waals surface area contributed by atoms with Crippen molar-refractivity contribution in [3.05, 3.63) is 36.2 Å². The molecule has 1 N–H and O–H groups in total. The second-order valence-electron chi connectivity index (χ2n) is 9.99. The van der Waals surface area contributed by atoms with Gasteiger partial charge in [-0.25, -0.2) is 24.3 Å². The molecule has 2 aliphatic rings. The summed E-state index contributed by atoms with van der Waals surface area (Å²) in [6.07, 6.45) is 10.0. The van der Waals surface area contributed by atoms with Gasteiger partial charge in [-0.2, -0.15) is 0 Å². The van der Waals surface area contributed by atoms with Gasteiger partial charge in [0.05, 0.1) is 11.9 Å². The molecule has 2 fully saturated rings. The highest BCUT2D eigenvalue weighted by atomic mass is 32.1. The monoisotopic (exact) mass is 451 g/mol. The number of fused-ring (bicyclic) bond motifs is 4. The Morgan fingerprint density at radius 1 is 1.16 bits per heavy atom. The number of aromatic nitrogens is 5. The summed E-state index contributed by atoms with van der Waals surface area (Å²) in [5, 5.41) is 4.80. The van der Waals surface area contributed by atoms with Gasteiger partial charge in [-0.1, -0.05) is 11.3 Å². The van der Waals surface area contributed by atoms with Crippen molar-refractivity contribution in [3.8, 4) is 11.4 Å². The standard InChI is InChI=1S/C23H26FN7S/c1-13-11-31-12-14(7-16(24)19(31)26-13)18-25-10-17-20(28-18)32-21(27-17)30(4)15-8-22(2)5-6-23(3,9-15)29-22/h7,10-12,15,29H,5-6,8-9H2,1-4H3/t15-,22-,23+. The number of pyridine rings is 1. The first-order valence-corrected chi connectivity index (χ1v) is 11.8. The van der Waals surface area contributed by atoms with Crippen LogP contribution in [0.4, 0.5) is 9.52 Å². The molecule has 4 aromatic rings. The van der Waals surface area contributed by atoms with E-state index in [2.05, 4.69) is 41.1 Å². The predicted molar refractivity (Wildman–Crippen MR) is 125 cm³/mol. The van der Waals surface area contributed by atoms with Crippen LogP contribution in [0.2, 0.25) is 0 Å². The summed E-state index contributed by atoms with van der Waals surface area (Å²) in [5.41, 5.74) is 2.87. The van der Waals surface area contributed by atoms with Crippen molar-refractivity contribution in [2.75, 3.05) is 11.9 Å². The number of hydrogen-bond donors (Lipinski definition) is 1. The van der Waals surface area contributed by atoms with Crippen LogP contribution in [0.5, 0.6) is 0 Å². The van der Waals surface area contributed by atoms with E-state index < -0.39 is 0 Å². The Morgan fingerprint density at radius 3 is 2.66 bits per heavy atom. The summed E-state index contributed by atoms with van der Waals surface area (Å²) in [4.78, 5) is 21.4. The number of thiazole rings is 1. The minimum absolute atomic E-state index is 0.198. The third kappa shape index (κ3) is 3.17. The van der Waals surface area contributed by atoms with Crippen LogP contribution in [0.15, 0.2) is 24.7 Å². The molecule has 0 aromatic carbocycles. The summed E-state index contributed by atoms with van der Waals surface area (Å²) >= 11 is 1.57. The van der Waals surface area contributed by atoms with Crippen LogP contribution < -0.4 is 10.2 Å². The molecule has 4 aromatic heterocycles. The zero-order valence-electron chi connectivity index (χ0n) is 18.7. The van der Waals surface area contributed by atoms with Crippen LogP contribution in [0.3, 0.4) is 0 Å². The zero-order chi connectivity index (χ0) is 22.3. The molecule has 6 rings (SSSR count). The fourth-order valence-corrected chi connectivity index (χ4v) is 6.51. The number of anilines is 1. The fraction of sp³-hybridized carbons (Fsp3) is 0.478. The van der Waals surface area contributed by atoms with E-state index in [9.17, 15) is 4.39 Å². The summed E-state index contributed by atoms with van der Waals surface area (Å²) in [6.45, 7) is 6.52. The van der Waals surface area contributed by atoms with Crippen LogP contribution in [0, 0.1) is 12.7 Å². The lowest BCUT2D eigenvalue weighted by atomic mass is 9.84. The molecule has 0 saturated carbocycles. The van der Waals surface area contributed by atoms with Gasteiger partial charge in [-0.3, -0.25) is 0 Å². The van der Waals surface area contributed by atoms with Gasteiger partial charge in [-0.05, 0) is 52.5 Å². The number of nitrogens with zero attached hydrogens (tertiary/aromatic N) is 6. The molecular weight excluding hydrogens is 425 g/mol. The lowest BCUT2D eigenvalue weighted by Gasteiger charge is -2.45. The van der Waals surface area contributed by atoms with Gasteiger partial charge in [0.2, 0.25) is 0 Å². The second kappa shape index (κ2) is 6.68. The van der Waals surface area contributed by atoms with Gasteiger partial charge in [0, 0.05) is 42.1 Å². The molecular formula is C23H26FN7S. The minimum atomic E-state index is -0.383. The first kappa shape index (κ1) is 20.0. The fourth-order valence-electron chi connectivity index (χ4n) is 5.57. The van der Waals surface area contributed by atoms with Crippen LogP contribution in [0.1, 0.15) is 45.2 Å². The predicted octanol–water partition coefficient (Wildman–Crippen LogP) is 4.35. The highest BCUT2D eigenvalue weighted by molar-refractivity contribution is 7.21. The van der Waals surface area contributed by atoms with E-state index in [0.717, 1.165) is 34.0 Å². The molecule has 3 atom stereocenters. The van der Waals surface area contributed by atoms with Crippen molar-refractivity contribution < 1.29 is 4.39 Å². The molecule has 7 nitrogen and oxygen atoms in total. The Kier molecular flexibility index (Phi) is 4.17. The molecule has 0 unspecified atom stereocenters. The third-order valence-electron chi connectivity index (χ3n) is 7.08. The Labute approximate surface area is 189 Å². The van der Waals surface area contributed by atoms with Gasteiger partial charge in [-0.15, -0.1) is 0 Å². The Morgan fingerprint density at radius 2 is 1.91 bits per heavy atom. The molecule has 9 heteroatoms. The number of imidazole rings is 1. The van der Waals surface area contributed by atoms with Crippen molar-refractivity contribution in [2.45, 2.75) is 63.6 Å². The average Bonchev–Trinajstić information content (AvgIpc) is 3.39. The number of nitrogens with one attached hydrogen (secondary N) is 1. The quantitative estimate of drug-likeness (QED) is 0.499. The summed E-state index contributed by atoms with van der Waals surface area (Å²) < 4.78 is 16.2. The van der Waals surface area contributed by atoms with Crippen molar-refractivity contribution >= 4 is 32.5 Å². The number of halogens is 1. The van der Waals surface area contributed by atoms with Crippen LogP contribution in [-0.2, 0) is 0 Å². The normalized spacial score (nSPS) is 27.5. The zero-order valence-corrected chi connectivity index (χ0v) is 19.5. The number of rotatable bonds is 3. The van der Waals surface area contributed by atoms with Gasteiger partial charge < -0.3 is 14.6 Å². The van der Waals surface area contributed by atoms with E-state index >= 15 is 0 Å². The van der Waals surface area contributed by atoms with E-state index in [0.29, 0.717) is 23.1 Å². The van der Waals surface area contributed by atoms with Crippen molar-refractivity contribution in [2.24, 2.45) is 0 Å². The third-order valence-corrected chi connectivity index (χ3v) is 8.13. The molecule has 0 aliphatic carbocycles.